The molecule has 7 rings (SSSR count). The van der Waals surface area contributed by atoms with Gasteiger partial charge in [0.15, 0.2) is 23.0 Å². The van der Waals surface area contributed by atoms with E-state index in [4.69, 9.17) is 9.47 Å². The second kappa shape index (κ2) is 14.5. The van der Waals surface area contributed by atoms with Crippen molar-refractivity contribution < 1.29 is 49.4 Å². The molecule has 0 unspecified atom stereocenters. The van der Waals surface area contributed by atoms with Gasteiger partial charge in [-0.25, -0.2) is 9.59 Å². The molecule has 10 heteroatoms. The SMILES string of the molecule is CC1(C)CC[C@]2(C(=O)O)CC[C@]3(COC(=O)C=Cc4ccc(O)c(O)c4)C(=CC[C@@H]4[C@@]5(C)CC[C@H](OC(=O)C=Cc6ccc(O)c(O)c6)C(C)(C)[C@@H]5CC[C@]43C)[C@@H]2C1. The fourth-order valence-electron chi connectivity index (χ4n) is 13.0. The van der Waals surface area contributed by atoms with Gasteiger partial charge in [0.2, 0.25) is 0 Å². The average Bonchev–Trinajstić information content (AvgIpc) is 3.15. The van der Waals surface area contributed by atoms with Crippen LogP contribution < -0.4 is 0 Å². The second-order valence-corrected chi connectivity index (χ2v) is 20.0. The van der Waals surface area contributed by atoms with Crippen molar-refractivity contribution in [2.24, 2.45) is 50.2 Å². The number of allylic oxidation sites excluding steroid dienone is 1. The van der Waals surface area contributed by atoms with Crippen LogP contribution in [-0.2, 0) is 23.9 Å². The maximum absolute atomic E-state index is 13.6. The van der Waals surface area contributed by atoms with E-state index in [0.29, 0.717) is 36.8 Å². The molecule has 8 atom stereocenters. The highest BCUT2D eigenvalue weighted by Crippen LogP contribution is 2.76. The van der Waals surface area contributed by atoms with Gasteiger partial charge in [-0.2, -0.15) is 0 Å². The van der Waals surface area contributed by atoms with E-state index in [1.54, 1.807) is 24.3 Å². The Bertz CT molecular complexity index is 2080. The highest BCUT2D eigenvalue weighted by atomic mass is 16.5. The van der Waals surface area contributed by atoms with Crippen LogP contribution in [0.1, 0.15) is 117 Å². The first-order valence-electron chi connectivity index (χ1n) is 20.9. The summed E-state index contributed by atoms with van der Waals surface area (Å²) in [6.45, 7) is 13.8. The van der Waals surface area contributed by atoms with Crippen LogP contribution >= 0.6 is 0 Å². The van der Waals surface area contributed by atoms with Gasteiger partial charge in [-0.3, -0.25) is 4.79 Å². The van der Waals surface area contributed by atoms with Crippen molar-refractivity contribution in [1.29, 1.82) is 0 Å². The number of fused-ring (bicyclic) bond motifs is 7. The zero-order valence-electron chi connectivity index (χ0n) is 34.7. The summed E-state index contributed by atoms with van der Waals surface area (Å²) in [5.41, 5.74) is -0.0470. The van der Waals surface area contributed by atoms with E-state index in [1.165, 1.54) is 36.4 Å². The molecule has 10 nitrogen and oxygen atoms in total. The minimum atomic E-state index is -0.860. The molecule has 312 valence electrons. The highest BCUT2D eigenvalue weighted by Gasteiger charge is 2.71. The molecule has 0 amide bonds. The fourth-order valence-corrected chi connectivity index (χ4v) is 13.0. The van der Waals surface area contributed by atoms with Crippen LogP contribution in [0.25, 0.3) is 12.2 Å². The smallest absolute Gasteiger partial charge is 0.331 e. The number of benzene rings is 2. The van der Waals surface area contributed by atoms with E-state index >= 15 is 0 Å². The Kier molecular flexibility index (Phi) is 10.4. The molecule has 4 saturated carbocycles. The predicted molar refractivity (Wildman–Crippen MR) is 219 cm³/mol. The Balaban J connectivity index is 1.19. The van der Waals surface area contributed by atoms with Gasteiger partial charge in [0.05, 0.1) is 5.41 Å². The minimum Gasteiger partial charge on any atom is -0.504 e. The summed E-state index contributed by atoms with van der Waals surface area (Å²) < 4.78 is 12.5. The van der Waals surface area contributed by atoms with Crippen LogP contribution in [0.15, 0.2) is 60.2 Å². The number of aromatic hydroxyl groups is 4. The van der Waals surface area contributed by atoms with E-state index < -0.39 is 28.7 Å². The molecule has 4 fully saturated rings. The molecule has 5 N–H and O–H groups in total. The lowest BCUT2D eigenvalue weighted by Gasteiger charge is -2.71. The van der Waals surface area contributed by atoms with Crippen molar-refractivity contribution >= 4 is 30.1 Å². The summed E-state index contributed by atoms with van der Waals surface area (Å²) >= 11 is 0. The number of hydrogen-bond donors (Lipinski definition) is 5. The molecule has 5 aliphatic rings. The maximum Gasteiger partial charge on any atom is 0.331 e. The summed E-state index contributed by atoms with van der Waals surface area (Å²) in [6, 6.07) is 8.70. The molecule has 0 bridgehead atoms. The molecular weight excluding hydrogens is 737 g/mol. The molecule has 0 aliphatic heterocycles. The molecule has 2 aromatic rings. The summed E-state index contributed by atoms with van der Waals surface area (Å²) in [6.07, 6.45) is 15.3. The second-order valence-electron chi connectivity index (χ2n) is 20.0. The van der Waals surface area contributed by atoms with Gasteiger partial charge in [0.1, 0.15) is 12.7 Å². The number of carboxylic acid groups (broad SMARTS) is 1. The predicted octanol–water partition coefficient (Wildman–Crippen LogP) is 9.56. The standard InChI is InChI=1S/C48H60O10/c1-43(2)21-22-47(42(55)56)23-24-48(28-57-40(53)15-9-29-7-12-33(49)35(51)25-29)31(32(47)27-43)11-14-38-45(5)19-18-39(44(3,4)37(45)17-20-46(38,48)6)58-41(54)16-10-30-8-13-34(50)36(52)26-30/h7-13,15-16,25-26,32,37-39,49-52H,14,17-24,27-28H2,1-6H3,(H,55,56)/t32-,37-,38+,39-,45-,46+,47-,48-/m0/s1. The number of phenols is 4. The third kappa shape index (κ3) is 6.78. The molecular formula is C48H60O10. The van der Waals surface area contributed by atoms with Gasteiger partial charge in [-0.15, -0.1) is 0 Å². The zero-order chi connectivity index (χ0) is 42.1. The molecule has 0 saturated heterocycles. The quantitative estimate of drug-likeness (QED) is 0.0750. The summed E-state index contributed by atoms with van der Waals surface area (Å²) in [5.74, 6) is -2.50. The first kappa shape index (κ1) is 41.4. The monoisotopic (exact) mass is 796 g/mol. The van der Waals surface area contributed by atoms with E-state index in [1.807, 2.05) is 0 Å². The zero-order valence-corrected chi connectivity index (χ0v) is 34.7. The molecule has 0 aromatic heterocycles. The minimum absolute atomic E-state index is 0.0368. The Morgan fingerprint density at radius 3 is 1.93 bits per heavy atom. The summed E-state index contributed by atoms with van der Waals surface area (Å²) in [7, 11) is 0. The maximum atomic E-state index is 13.6. The third-order valence-electron chi connectivity index (χ3n) is 16.2. The molecule has 0 spiro atoms. The van der Waals surface area contributed by atoms with Crippen molar-refractivity contribution in [3.8, 4) is 23.0 Å². The first-order valence-corrected chi connectivity index (χ1v) is 20.9. The van der Waals surface area contributed by atoms with Crippen molar-refractivity contribution in [3.63, 3.8) is 0 Å². The molecule has 0 radical (unpaired) electrons. The Hall–Kier alpha value is -4.73. The lowest BCUT2D eigenvalue weighted by Crippen LogP contribution is -2.67. The van der Waals surface area contributed by atoms with Crippen LogP contribution in [0.2, 0.25) is 0 Å². The number of carbonyl (C=O) groups excluding carboxylic acids is 2. The largest absolute Gasteiger partial charge is 0.504 e. The van der Waals surface area contributed by atoms with E-state index in [9.17, 15) is 39.9 Å². The Morgan fingerprint density at radius 1 is 0.724 bits per heavy atom. The van der Waals surface area contributed by atoms with E-state index in [0.717, 1.165) is 44.1 Å². The normalized spacial score (nSPS) is 34.8. The van der Waals surface area contributed by atoms with E-state index in [2.05, 4.69) is 47.6 Å². The van der Waals surface area contributed by atoms with Gasteiger partial charge < -0.3 is 35.0 Å². The van der Waals surface area contributed by atoms with E-state index in [-0.39, 0.29) is 75.1 Å². The number of phenolic OH excluding ortho intramolecular Hbond substituents is 4. The van der Waals surface area contributed by atoms with Crippen LogP contribution in [0.3, 0.4) is 0 Å². The molecule has 0 heterocycles. The number of aliphatic carboxylic acids is 1. The first-order chi connectivity index (χ1) is 27.2. The Morgan fingerprint density at radius 2 is 1.33 bits per heavy atom. The van der Waals surface area contributed by atoms with Crippen molar-refractivity contribution in [3.05, 3.63) is 71.3 Å². The topological polar surface area (TPSA) is 171 Å². The number of ether oxygens (including phenoxy) is 2. The molecule has 2 aromatic carbocycles. The number of rotatable bonds is 8. The van der Waals surface area contributed by atoms with Crippen molar-refractivity contribution in [2.45, 2.75) is 112 Å². The van der Waals surface area contributed by atoms with Crippen LogP contribution in [0.5, 0.6) is 23.0 Å². The van der Waals surface area contributed by atoms with Crippen LogP contribution in [0.4, 0.5) is 0 Å². The third-order valence-corrected chi connectivity index (χ3v) is 16.2. The average molecular weight is 797 g/mol. The lowest BCUT2D eigenvalue weighted by molar-refractivity contribution is -0.221. The van der Waals surface area contributed by atoms with Crippen LogP contribution in [-0.4, -0.2) is 56.2 Å². The van der Waals surface area contributed by atoms with Gasteiger partial charge >= 0.3 is 17.9 Å². The lowest BCUT2D eigenvalue weighted by atomic mass is 9.33. The van der Waals surface area contributed by atoms with Gasteiger partial charge in [0.25, 0.3) is 0 Å². The highest BCUT2D eigenvalue weighted by molar-refractivity contribution is 5.88. The fraction of sp³-hybridized carbons (Fsp3) is 0.562. The number of hydrogen-bond acceptors (Lipinski definition) is 9. The number of carboxylic acids is 1. The molecule has 58 heavy (non-hydrogen) atoms. The van der Waals surface area contributed by atoms with Crippen molar-refractivity contribution in [2.75, 3.05) is 6.61 Å². The number of carbonyl (C=O) groups is 3. The summed E-state index contributed by atoms with van der Waals surface area (Å²) in [4.78, 5) is 40.1. The van der Waals surface area contributed by atoms with Crippen LogP contribution in [0, 0.1) is 50.2 Å². The van der Waals surface area contributed by atoms with Crippen molar-refractivity contribution in [1.82, 2.24) is 0 Å². The van der Waals surface area contributed by atoms with Gasteiger partial charge in [0, 0.05) is 23.0 Å². The number of esters is 2. The molecule has 5 aliphatic carbocycles. The van der Waals surface area contributed by atoms with Gasteiger partial charge in [-0.1, -0.05) is 65.3 Å². The summed E-state index contributed by atoms with van der Waals surface area (Å²) in [5, 5.41) is 50.2. The van der Waals surface area contributed by atoms with Gasteiger partial charge in [-0.05, 0) is 146 Å². The Labute approximate surface area is 341 Å².